The average Bonchev–Trinajstić information content (AvgIpc) is 3.11. The maximum Gasteiger partial charge on any atom is 0.325 e. The van der Waals surface area contributed by atoms with E-state index in [-0.39, 0.29) is 35.5 Å². The summed E-state index contributed by atoms with van der Waals surface area (Å²) >= 11 is 0. The van der Waals surface area contributed by atoms with Crippen LogP contribution >= 0.6 is 0 Å². The first-order chi connectivity index (χ1) is 16.0. The lowest BCUT2D eigenvalue weighted by atomic mass is 9.91. The van der Waals surface area contributed by atoms with Crippen molar-refractivity contribution < 1.29 is 23.9 Å². The molecule has 2 aliphatic rings. The molecule has 1 aromatic carbocycles. The summed E-state index contributed by atoms with van der Waals surface area (Å²) < 4.78 is 11.6. The minimum absolute atomic E-state index is 0.155. The van der Waals surface area contributed by atoms with E-state index in [0.29, 0.717) is 45.3 Å². The fourth-order valence-corrected chi connectivity index (χ4v) is 4.31. The van der Waals surface area contributed by atoms with Crippen LogP contribution in [0.5, 0.6) is 5.88 Å². The summed E-state index contributed by atoms with van der Waals surface area (Å²) in [6.07, 6.45) is 4.35. The van der Waals surface area contributed by atoms with Crippen LogP contribution in [0.25, 0.3) is 0 Å². The third kappa shape index (κ3) is 5.48. The first-order valence-corrected chi connectivity index (χ1v) is 11.2. The quantitative estimate of drug-likeness (QED) is 0.445. The van der Waals surface area contributed by atoms with Gasteiger partial charge in [-0.05, 0) is 43.4 Å². The molecule has 4 amide bonds. The van der Waals surface area contributed by atoms with Gasteiger partial charge in [0.2, 0.25) is 5.88 Å². The number of ether oxygens (including phenoxy) is 2. The van der Waals surface area contributed by atoms with Gasteiger partial charge in [0.05, 0.1) is 6.61 Å². The van der Waals surface area contributed by atoms with Crippen molar-refractivity contribution in [3.63, 3.8) is 0 Å². The fraction of sp³-hybridized carbons (Fsp3) is 0.417. The van der Waals surface area contributed by atoms with Crippen molar-refractivity contribution in [3.8, 4) is 5.88 Å². The summed E-state index contributed by atoms with van der Waals surface area (Å²) in [5.74, 6) is -0.572. The molecule has 4 rings (SSSR count). The highest BCUT2D eigenvalue weighted by Gasteiger charge is 2.43. The van der Waals surface area contributed by atoms with Crippen LogP contribution in [0.2, 0.25) is 0 Å². The van der Waals surface area contributed by atoms with E-state index in [1.165, 1.54) is 4.90 Å². The molecule has 9 nitrogen and oxygen atoms in total. The molecule has 1 aliphatic heterocycles. The number of pyridine rings is 1. The molecule has 9 heteroatoms. The summed E-state index contributed by atoms with van der Waals surface area (Å²) in [7, 11) is 0. The molecule has 0 unspecified atom stereocenters. The molecule has 174 valence electrons. The van der Waals surface area contributed by atoms with Crippen molar-refractivity contribution in [3.05, 3.63) is 59.8 Å². The number of nitrogens with two attached hydrogens (primary N) is 1. The summed E-state index contributed by atoms with van der Waals surface area (Å²) in [5, 5.41) is 2.79. The summed E-state index contributed by atoms with van der Waals surface area (Å²) in [5.41, 5.74) is 6.69. The third-order valence-corrected chi connectivity index (χ3v) is 6.04. The second-order valence-corrected chi connectivity index (χ2v) is 8.31. The molecule has 1 aliphatic carbocycles. The first kappa shape index (κ1) is 22.7. The molecule has 1 saturated heterocycles. The number of carbonyl (C=O) groups excluding carboxylic acids is 3. The number of urea groups is 1. The molecule has 0 radical (unpaired) electrons. The Kier molecular flexibility index (Phi) is 7.19. The summed E-state index contributed by atoms with van der Waals surface area (Å²) in [6, 6.07) is 11.9. The van der Waals surface area contributed by atoms with E-state index >= 15 is 0 Å². The number of benzene rings is 1. The van der Waals surface area contributed by atoms with Gasteiger partial charge < -0.3 is 20.5 Å². The number of amides is 4. The van der Waals surface area contributed by atoms with Gasteiger partial charge in [-0.1, -0.05) is 30.3 Å². The number of hydrogen-bond donors (Lipinski definition) is 2. The molecule has 2 aromatic rings. The largest absolute Gasteiger partial charge is 0.474 e. The maximum absolute atomic E-state index is 12.9. The minimum atomic E-state index is -0.593. The number of carbonyl (C=O) groups is 3. The van der Waals surface area contributed by atoms with Crippen molar-refractivity contribution in [1.29, 1.82) is 0 Å². The molecule has 0 bridgehead atoms. The lowest BCUT2D eigenvalue weighted by molar-refractivity contribution is -0.130. The topological polar surface area (TPSA) is 124 Å². The number of aromatic nitrogens is 1. The van der Waals surface area contributed by atoms with Gasteiger partial charge >= 0.3 is 6.03 Å². The van der Waals surface area contributed by atoms with E-state index in [4.69, 9.17) is 15.2 Å². The fourth-order valence-electron chi connectivity index (χ4n) is 4.31. The Labute approximate surface area is 192 Å². The zero-order valence-electron chi connectivity index (χ0n) is 18.3. The van der Waals surface area contributed by atoms with Crippen LogP contribution in [0.15, 0.2) is 48.7 Å². The molecule has 2 heterocycles. The number of primary amides is 1. The Morgan fingerprint density at radius 1 is 1.09 bits per heavy atom. The van der Waals surface area contributed by atoms with E-state index in [1.807, 2.05) is 30.3 Å². The zero-order chi connectivity index (χ0) is 23.2. The molecule has 1 saturated carbocycles. The van der Waals surface area contributed by atoms with E-state index in [1.54, 1.807) is 18.3 Å². The summed E-state index contributed by atoms with van der Waals surface area (Å²) in [6.45, 7) is 0.851. The molecular weight excluding hydrogens is 424 g/mol. The number of hydrogen-bond acceptors (Lipinski definition) is 6. The van der Waals surface area contributed by atoms with Gasteiger partial charge in [0.1, 0.15) is 17.7 Å². The Morgan fingerprint density at radius 2 is 1.85 bits per heavy atom. The van der Waals surface area contributed by atoms with Gasteiger partial charge in [-0.3, -0.25) is 14.5 Å². The lowest BCUT2D eigenvalue weighted by Gasteiger charge is -2.33. The SMILES string of the molecule is NC(=O)c1cccnc1OC1CCC(N2C(=O)N[C@@H](CCOCc3ccccc3)C2=O)CC1. The van der Waals surface area contributed by atoms with Gasteiger partial charge in [0.25, 0.3) is 11.8 Å². The third-order valence-electron chi connectivity index (χ3n) is 6.04. The maximum atomic E-state index is 12.9. The Bertz CT molecular complexity index is 991. The second kappa shape index (κ2) is 10.4. The van der Waals surface area contributed by atoms with Crippen molar-refractivity contribution >= 4 is 17.8 Å². The highest BCUT2D eigenvalue weighted by Crippen LogP contribution is 2.29. The molecule has 1 atom stereocenters. The molecule has 2 fully saturated rings. The van der Waals surface area contributed by atoms with E-state index in [2.05, 4.69) is 10.3 Å². The van der Waals surface area contributed by atoms with Crippen LogP contribution in [0, 0.1) is 0 Å². The first-order valence-electron chi connectivity index (χ1n) is 11.2. The van der Waals surface area contributed by atoms with Gasteiger partial charge in [-0.2, -0.15) is 0 Å². The van der Waals surface area contributed by atoms with E-state index in [0.717, 1.165) is 5.56 Å². The Hall–Kier alpha value is -3.46. The number of rotatable bonds is 9. The van der Waals surface area contributed by atoms with Gasteiger partial charge in [0.15, 0.2) is 0 Å². The normalized spacial score (nSPS) is 22.8. The predicted octanol–water partition coefficient (Wildman–Crippen LogP) is 2.40. The van der Waals surface area contributed by atoms with Gasteiger partial charge in [-0.25, -0.2) is 9.78 Å². The van der Waals surface area contributed by atoms with E-state index in [9.17, 15) is 14.4 Å². The van der Waals surface area contributed by atoms with Crippen LogP contribution in [-0.2, 0) is 16.1 Å². The number of imide groups is 1. The van der Waals surface area contributed by atoms with E-state index < -0.39 is 11.9 Å². The highest BCUT2D eigenvalue weighted by molar-refractivity contribution is 6.04. The van der Waals surface area contributed by atoms with Gasteiger partial charge in [0, 0.05) is 25.3 Å². The van der Waals surface area contributed by atoms with Crippen molar-refractivity contribution in [2.75, 3.05) is 6.61 Å². The number of nitrogens with one attached hydrogen (secondary N) is 1. The van der Waals surface area contributed by atoms with Crippen molar-refractivity contribution in [1.82, 2.24) is 15.2 Å². The Morgan fingerprint density at radius 3 is 2.58 bits per heavy atom. The van der Waals surface area contributed by atoms with Crippen LogP contribution in [0.1, 0.15) is 48.0 Å². The Balaban J connectivity index is 1.25. The molecule has 33 heavy (non-hydrogen) atoms. The van der Waals surface area contributed by atoms with Crippen LogP contribution in [-0.4, -0.2) is 52.5 Å². The van der Waals surface area contributed by atoms with Crippen molar-refractivity contribution in [2.24, 2.45) is 5.73 Å². The van der Waals surface area contributed by atoms with Gasteiger partial charge in [-0.15, -0.1) is 0 Å². The smallest absolute Gasteiger partial charge is 0.325 e. The molecule has 0 spiro atoms. The molecule has 3 N–H and O–H groups in total. The van der Waals surface area contributed by atoms with Crippen LogP contribution < -0.4 is 15.8 Å². The highest BCUT2D eigenvalue weighted by atomic mass is 16.5. The second-order valence-electron chi connectivity index (χ2n) is 8.31. The standard InChI is InChI=1S/C24H28N4O5/c25-21(29)19-7-4-13-26-22(19)33-18-10-8-17(9-11-18)28-23(30)20(27-24(28)31)12-14-32-15-16-5-2-1-3-6-16/h1-7,13,17-18,20H,8-12,14-15H2,(H2,25,29)(H,27,31)/t17?,18?,20-/m0/s1. The van der Waals surface area contributed by atoms with Crippen molar-refractivity contribution in [2.45, 2.75) is 56.9 Å². The van der Waals surface area contributed by atoms with Crippen LogP contribution in [0.4, 0.5) is 4.79 Å². The molecular formula is C24H28N4O5. The number of nitrogens with zero attached hydrogens (tertiary/aromatic N) is 2. The monoisotopic (exact) mass is 452 g/mol. The zero-order valence-corrected chi connectivity index (χ0v) is 18.3. The lowest BCUT2D eigenvalue weighted by Crippen LogP contribution is -2.44. The predicted molar refractivity (Wildman–Crippen MR) is 119 cm³/mol. The molecule has 1 aromatic heterocycles. The van der Waals surface area contributed by atoms with Crippen LogP contribution in [0.3, 0.4) is 0 Å². The average molecular weight is 453 g/mol. The minimum Gasteiger partial charge on any atom is -0.474 e. The summed E-state index contributed by atoms with van der Waals surface area (Å²) in [4.78, 5) is 42.4.